The minimum absolute atomic E-state index is 0.0230. The predicted octanol–water partition coefficient (Wildman–Crippen LogP) is 0.599. The van der Waals surface area contributed by atoms with E-state index < -0.39 is 6.61 Å². The van der Waals surface area contributed by atoms with Gasteiger partial charge in [-0.15, -0.1) is 0 Å². The van der Waals surface area contributed by atoms with Crippen molar-refractivity contribution in [3.05, 3.63) is 60.2 Å². The zero-order valence-electron chi connectivity index (χ0n) is 16.0. The first-order chi connectivity index (χ1) is 13.5. The van der Waals surface area contributed by atoms with Gasteiger partial charge in [-0.3, -0.25) is 4.79 Å². The summed E-state index contributed by atoms with van der Waals surface area (Å²) in [6.07, 6.45) is 0. The van der Waals surface area contributed by atoms with E-state index in [-0.39, 0.29) is 23.4 Å². The average molecular weight is 391 g/mol. The van der Waals surface area contributed by atoms with Crippen LogP contribution in [0.2, 0.25) is 0 Å². The van der Waals surface area contributed by atoms with Crippen LogP contribution in [0.4, 0.5) is 14.5 Å². The van der Waals surface area contributed by atoms with Crippen molar-refractivity contribution in [3.63, 3.8) is 0 Å². The van der Waals surface area contributed by atoms with Crippen molar-refractivity contribution in [2.45, 2.75) is 26.1 Å². The molecular weight excluding hydrogens is 364 g/mol. The third kappa shape index (κ3) is 5.50. The van der Waals surface area contributed by atoms with Gasteiger partial charge in [0, 0.05) is 5.56 Å². The molecule has 1 fully saturated rings. The summed E-state index contributed by atoms with van der Waals surface area (Å²) in [5, 5.41) is 2.74. The lowest BCUT2D eigenvalue weighted by Gasteiger charge is -2.32. The van der Waals surface area contributed by atoms with E-state index in [0.717, 1.165) is 32.7 Å². The van der Waals surface area contributed by atoms with Gasteiger partial charge in [0.1, 0.15) is 38.5 Å². The number of ether oxygens (including phenoxy) is 1. The van der Waals surface area contributed by atoms with Crippen molar-refractivity contribution in [3.8, 4) is 5.75 Å². The SMILES string of the molecule is C[C@H](C(=O)Nc1ccccc1OC(F)F)[NH+]1CC[NH+](Cc2ccccc2)CC1. The van der Waals surface area contributed by atoms with E-state index in [2.05, 4.69) is 34.3 Å². The highest BCUT2D eigenvalue weighted by molar-refractivity contribution is 5.94. The van der Waals surface area contributed by atoms with Gasteiger partial charge < -0.3 is 19.9 Å². The van der Waals surface area contributed by atoms with Crippen LogP contribution in [0, 0.1) is 0 Å². The van der Waals surface area contributed by atoms with Crippen LogP contribution in [0.1, 0.15) is 12.5 Å². The maximum Gasteiger partial charge on any atom is 0.387 e. The first kappa shape index (κ1) is 20.2. The van der Waals surface area contributed by atoms with Gasteiger partial charge in [-0.05, 0) is 19.1 Å². The van der Waals surface area contributed by atoms with Gasteiger partial charge in [0.25, 0.3) is 5.91 Å². The molecule has 28 heavy (non-hydrogen) atoms. The number of carbonyl (C=O) groups is 1. The van der Waals surface area contributed by atoms with E-state index in [1.807, 2.05) is 13.0 Å². The molecule has 1 aliphatic rings. The van der Waals surface area contributed by atoms with Crippen LogP contribution in [0.15, 0.2) is 54.6 Å². The van der Waals surface area contributed by atoms with Gasteiger partial charge in [0.05, 0.1) is 5.69 Å². The number of halogens is 2. The Balaban J connectivity index is 1.52. The third-order valence-electron chi connectivity index (χ3n) is 5.26. The lowest BCUT2D eigenvalue weighted by Crippen LogP contribution is -3.29. The largest absolute Gasteiger partial charge is 0.433 e. The Hall–Kier alpha value is -2.51. The van der Waals surface area contributed by atoms with E-state index in [1.54, 1.807) is 18.2 Å². The Morgan fingerprint density at radius 2 is 1.68 bits per heavy atom. The molecule has 0 unspecified atom stereocenters. The number of piperazine rings is 1. The zero-order valence-corrected chi connectivity index (χ0v) is 16.0. The van der Waals surface area contributed by atoms with Gasteiger partial charge in [-0.2, -0.15) is 8.78 Å². The molecule has 3 N–H and O–H groups in total. The summed E-state index contributed by atoms with van der Waals surface area (Å²) >= 11 is 0. The Morgan fingerprint density at radius 1 is 1.04 bits per heavy atom. The summed E-state index contributed by atoms with van der Waals surface area (Å²) in [7, 11) is 0. The predicted molar refractivity (Wildman–Crippen MR) is 103 cm³/mol. The first-order valence-electron chi connectivity index (χ1n) is 9.59. The zero-order chi connectivity index (χ0) is 19.9. The third-order valence-corrected chi connectivity index (χ3v) is 5.26. The summed E-state index contributed by atoms with van der Waals surface area (Å²) in [5.74, 6) is -0.211. The minimum Gasteiger partial charge on any atom is -0.433 e. The Kier molecular flexibility index (Phi) is 6.95. The normalized spacial score (nSPS) is 20.6. The number of hydrogen-bond acceptors (Lipinski definition) is 2. The molecule has 0 bridgehead atoms. The quantitative estimate of drug-likeness (QED) is 0.647. The Morgan fingerprint density at radius 3 is 2.36 bits per heavy atom. The molecule has 0 aliphatic carbocycles. The van der Waals surface area contributed by atoms with Crippen molar-refractivity contribution in [1.82, 2.24) is 0 Å². The molecule has 150 valence electrons. The van der Waals surface area contributed by atoms with Crippen LogP contribution < -0.4 is 19.9 Å². The number of anilines is 1. The maximum absolute atomic E-state index is 12.6. The van der Waals surface area contributed by atoms with Gasteiger partial charge in [0.2, 0.25) is 0 Å². The van der Waals surface area contributed by atoms with Crippen LogP contribution >= 0.6 is 0 Å². The molecule has 1 saturated heterocycles. The number of benzene rings is 2. The van der Waals surface area contributed by atoms with Crippen LogP contribution in [0.5, 0.6) is 5.75 Å². The second kappa shape index (κ2) is 9.61. The smallest absolute Gasteiger partial charge is 0.387 e. The van der Waals surface area contributed by atoms with E-state index in [0.29, 0.717) is 0 Å². The molecule has 3 rings (SSSR count). The summed E-state index contributed by atoms with van der Waals surface area (Å²) < 4.78 is 29.6. The molecule has 0 spiro atoms. The number of rotatable bonds is 7. The number of amides is 1. The Bertz CT molecular complexity index is 765. The number of quaternary nitrogens is 2. The highest BCUT2D eigenvalue weighted by Crippen LogP contribution is 2.25. The van der Waals surface area contributed by atoms with E-state index in [4.69, 9.17) is 0 Å². The first-order valence-corrected chi connectivity index (χ1v) is 9.59. The number of carbonyl (C=O) groups excluding carboxylic acids is 1. The lowest BCUT2D eigenvalue weighted by atomic mass is 10.1. The number of hydrogen-bond donors (Lipinski definition) is 3. The fraction of sp³-hybridized carbons (Fsp3) is 0.381. The standard InChI is InChI=1S/C21H25F2N3O2/c1-16(20(27)24-18-9-5-6-10-19(18)28-21(22)23)26-13-11-25(12-14-26)15-17-7-3-2-4-8-17/h2-10,16,21H,11-15H2,1H3,(H,24,27)/p+2/t16-/m1/s1. The van der Waals surface area contributed by atoms with Crippen molar-refractivity contribution in [1.29, 1.82) is 0 Å². The Labute approximate surface area is 163 Å². The molecule has 7 heteroatoms. The van der Waals surface area contributed by atoms with Crippen molar-refractivity contribution in [2.75, 3.05) is 31.5 Å². The number of para-hydroxylation sites is 2. The highest BCUT2D eigenvalue weighted by atomic mass is 19.3. The molecule has 1 aliphatic heterocycles. The van der Waals surface area contributed by atoms with Gasteiger partial charge in [-0.1, -0.05) is 42.5 Å². The second-order valence-electron chi connectivity index (χ2n) is 7.16. The van der Waals surface area contributed by atoms with Gasteiger partial charge >= 0.3 is 6.61 Å². The van der Waals surface area contributed by atoms with Crippen molar-refractivity contribution in [2.24, 2.45) is 0 Å². The summed E-state index contributed by atoms with van der Waals surface area (Å²) in [4.78, 5) is 15.4. The highest BCUT2D eigenvalue weighted by Gasteiger charge is 2.31. The second-order valence-corrected chi connectivity index (χ2v) is 7.16. The van der Waals surface area contributed by atoms with Crippen LogP contribution in [0.25, 0.3) is 0 Å². The van der Waals surface area contributed by atoms with E-state index >= 15 is 0 Å². The fourth-order valence-corrected chi connectivity index (χ4v) is 3.61. The molecular formula is C21H27F2N3O2+2. The molecule has 5 nitrogen and oxygen atoms in total. The van der Waals surface area contributed by atoms with Gasteiger partial charge in [0.15, 0.2) is 6.04 Å². The molecule has 1 atom stereocenters. The maximum atomic E-state index is 12.6. The molecule has 0 saturated carbocycles. The monoisotopic (exact) mass is 391 g/mol. The summed E-state index contributed by atoms with van der Waals surface area (Å²) in [6.45, 7) is 3.72. The van der Waals surface area contributed by atoms with Gasteiger partial charge in [-0.25, -0.2) is 0 Å². The summed E-state index contributed by atoms with van der Waals surface area (Å²) in [5.41, 5.74) is 1.59. The van der Waals surface area contributed by atoms with Crippen molar-refractivity contribution < 1.29 is 28.1 Å². The number of alkyl halides is 2. The molecule has 0 aromatic heterocycles. The van der Waals surface area contributed by atoms with E-state index in [1.165, 1.54) is 21.4 Å². The van der Waals surface area contributed by atoms with Crippen LogP contribution in [-0.4, -0.2) is 44.7 Å². The lowest BCUT2D eigenvalue weighted by molar-refractivity contribution is -1.02. The minimum atomic E-state index is -2.93. The topological polar surface area (TPSA) is 47.2 Å². The van der Waals surface area contributed by atoms with Crippen LogP contribution in [0.3, 0.4) is 0 Å². The molecule has 0 radical (unpaired) electrons. The average Bonchev–Trinajstić information content (AvgIpc) is 2.70. The van der Waals surface area contributed by atoms with Crippen molar-refractivity contribution >= 4 is 11.6 Å². The number of nitrogens with one attached hydrogen (secondary N) is 3. The fourth-order valence-electron chi connectivity index (χ4n) is 3.61. The van der Waals surface area contributed by atoms with E-state index in [9.17, 15) is 13.6 Å². The molecule has 1 amide bonds. The molecule has 2 aromatic carbocycles. The molecule has 1 heterocycles. The van der Waals surface area contributed by atoms with Crippen LogP contribution in [-0.2, 0) is 11.3 Å². The summed E-state index contributed by atoms with van der Waals surface area (Å²) in [6, 6.07) is 16.4. The molecule has 2 aromatic rings.